The molecule has 0 saturated carbocycles. The number of aliphatic carboxylic acids is 1. The van der Waals surface area contributed by atoms with Gasteiger partial charge in [-0.2, -0.15) is 11.8 Å². The Morgan fingerprint density at radius 1 is 1.30 bits per heavy atom. The molecule has 1 rings (SSSR count). The third-order valence-electron chi connectivity index (χ3n) is 2.27. The Kier molecular flexibility index (Phi) is 6.51. The molecule has 0 radical (unpaired) electrons. The number of rotatable bonds is 8. The third kappa shape index (κ3) is 6.19. The molecule has 0 unspecified atom stereocenters. The predicted molar refractivity (Wildman–Crippen MR) is 75.9 cm³/mol. The molecule has 0 spiro atoms. The van der Waals surface area contributed by atoms with Crippen LogP contribution < -0.4 is 5.32 Å². The van der Waals surface area contributed by atoms with Crippen molar-refractivity contribution in [2.75, 3.05) is 16.8 Å². The Bertz CT molecular complexity index is 489. The van der Waals surface area contributed by atoms with E-state index >= 15 is 0 Å². The molecule has 0 aliphatic carbocycles. The number of nitrogens with one attached hydrogen (secondary N) is 1. The van der Waals surface area contributed by atoms with Gasteiger partial charge in [-0.3, -0.25) is 19.7 Å². The average Bonchev–Trinajstić information content (AvgIpc) is 2.38. The number of benzene rings is 1. The molecule has 108 valence electrons. The van der Waals surface area contributed by atoms with Crippen molar-refractivity contribution >= 4 is 35.0 Å². The number of hydrogen-bond donors (Lipinski definition) is 2. The maximum absolute atomic E-state index is 11.5. The molecule has 7 nitrogen and oxygen atoms in total. The lowest BCUT2D eigenvalue weighted by Crippen LogP contribution is -2.14. The molecule has 1 amide bonds. The zero-order valence-corrected chi connectivity index (χ0v) is 11.4. The van der Waals surface area contributed by atoms with Crippen molar-refractivity contribution in [3.63, 3.8) is 0 Å². The maximum Gasteiger partial charge on any atom is 0.303 e. The number of carbonyl (C=O) groups excluding carboxylic acids is 1. The van der Waals surface area contributed by atoms with Gasteiger partial charge in [-0.1, -0.05) is 0 Å². The van der Waals surface area contributed by atoms with Crippen molar-refractivity contribution in [2.24, 2.45) is 0 Å². The monoisotopic (exact) mass is 298 g/mol. The van der Waals surface area contributed by atoms with Gasteiger partial charge in [0.1, 0.15) is 0 Å². The first-order valence-electron chi connectivity index (χ1n) is 5.83. The first kappa shape index (κ1) is 16.0. The van der Waals surface area contributed by atoms with Crippen molar-refractivity contribution < 1.29 is 19.6 Å². The molecule has 0 bridgehead atoms. The molecule has 0 heterocycles. The van der Waals surface area contributed by atoms with Gasteiger partial charge in [0, 0.05) is 24.2 Å². The minimum Gasteiger partial charge on any atom is -0.481 e. The zero-order chi connectivity index (χ0) is 15.0. The van der Waals surface area contributed by atoms with Crippen LogP contribution in [-0.4, -0.2) is 33.4 Å². The fourth-order valence-corrected chi connectivity index (χ4v) is 2.10. The molecular weight excluding hydrogens is 284 g/mol. The van der Waals surface area contributed by atoms with E-state index in [4.69, 9.17) is 5.11 Å². The van der Waals surface area contributed by atoms with E-state index in [1.54, 1.807) is 0 Å². The number of thioether (sulfide) groups is 1. The predicted octanol–water partition coefficient (Wildman–Crippen LogP) is 2.13. The van der Waals surface area contributed by atoms with Gasteiger partial charge in [0.25, 0.3) is 5.69 Å². The number of carboxylic acid groups (broad SMARTS) is 1. The molecule has 2 N–H and O–H groups in total. The Labute approximate surface area is 119 Å². The average molecular weight is 298 g/mol. The second kappa shape index (κ2) is 8.16. The van der Waals surface area contributed by atoms with Gasteiger partial charge < -0.3 is 10.4 Å². The summed E-state index contributed by atoms with van der Waals surface area (Å²) in [7, 11) is 0. The summed E-state index contributed by atoms with van der Waals surface area (Å²) in [5.41, 5.74) is 0.456. The third-order valence-corrected chi connectivity index (χ3v) is 3.32. The molecule has 20 heavy (non-hydrogen) atoms. The van der Waals surface area contributed by atoms with Crippen LogP contribution in [0, 0.1) is 10.1 Å². The number of amides is 1. The maximum atomic E-state index is 11.5. The number of carboxylic acids is 1. The zero-order valence-electron chi connectivity index (χ0n) is 10.6. The molecule has 0 aliphatic rings. The second-order valence-corrected chi connectivity index (χ2v) is 5.01. The summed E-state index contributed by atoms with van der Waals surface area (Å²) in [6.07, 6.45) is 0.613. The van der Waals surface area contributed by atoms with E-state index in [9.17, 15) is 19.7 Å². The van der Waals surface area contributed by atoms with E-state index in [1.165, 1.54) is 36.0 Å². The van der Waals surface area contributed by atoms with Crippen molar-refractivity contribution in [2.45, 2.75) is 12.8 Å². The first-order valence-corrected chi connectivity index (χ1v) is 6.98. The van der Waals surface area contributed by atoms with Crippen LogP contribution in [0.25, 0.3) is 0 Å². The fourth-order valence-electron chi connectivity index (χ4n) is 1.35. The van der Waals surface area contributed by atoms with Gasteiger partial charge in [0.05, 0.1) is 10.7 Å². The highest BCUT2D eigenvalue weighted by atomic mass is 32.2. The number of non-ortho nitro benzene ring substituents is 1. The lowest BCUT2D eigenvalue weighted by atomic mass is 10.3. The van der Waals surface area contributed by atoms with Crippen LogP contribution in [-0.2, 0) is 9.59 Å². The largest absolute Gasteiger partial charge is 0.481 e. The van der Waals surface area contributed by atoms with Crippen LogP contribution in [0.5, 0.6) is 0 Å². The number of hydrogen-bond acceptors (Lipinski definition) is 5. The molecular formula is C12H14N2O5S. The molecule has 0 saturated heterocycles. The quantitative estimate of drug-likeness (QED) is 0.432. The molecule has 0 aromatic heterocycles. The van der Waals surface area contributed by atoms with E-state index in [0.29, 0.717) is 17.9 Å². The van der Waals surface area contributed by atoms with E-state index in [1.807, 2.05) is 0 Å². The summed E-state index contributed by atoms with van der Waals surface area (Å²) >= 11 is 1.35. The summed E-state index contributed by atoms with van der Waals surface area (Å²) in [4.78, 5) is 31.8. The van der Waals surface area contributed by atoms with E-state index in [2.05, 4.69) is 5.32 Å². The van der Waals surface area contributed by atoms with Gasteiger partial charge in [-0.05, 0) is 24.3 Å². The molecule has 0 fully saturated rings. The van der Waals surface area contributed by atoms with Gasteiger partial charge in [-0.25, -0.2) is 0 Å². The number of nitrogens with zero attached hydrogens (tertiary/aromatic N) is 1. The minimum absolute atomic E-state index is 0.0361. The SMILES string of the molecule is O=C(O)CCCSCC(=O)Nc1ccc([N+](=O)[O-])cc1. The summed E-state index contributed by atoms with van der Waals surface area (Å²) in [6.45, 7) is 0. The topological polar surface area (TPSA) is 110 Å². The van der Waals surface area contributed by atoms with Crippen molar-refractivity contribution in [1.82, 2.24) is 0 Å². The van der Waals surface area contributed by atoms with Crippen molar-refractivity contribution in [1.29, 1.82) is 0 Å². The molecule has 1 aromatic rings. The number of nitro groups is 1. The highest BCUT2D eigenvalue weighted by Gasteiger charge is 2.06. The van der Waals surface area contributed by atoms with Crippen molar-refractivity contribution in [3.05, 3.63) is 34.4 Å². The lowest BCUT2D eigenvalue weighted by molar-refractivity contribution is -0.384. The Morgan fingerprint density at radius 3 is 2.50 bits per heavy atom. The van der Waals surface area contributed by atoms with Crippen LogP contribution in [0.15, 0.2) is 24.3 Å². The Morgan fingerprint density at radius 2 is 1.95 bits per heavy atom. The lowest BCUT2D eigenvalue weighted by Gasteiger charge is -2.04. The summed E-state index contributed by atoms with van der Waals surface area (Å²) < 4.78 is 0. The number of carbonyl (C=O) groups is 2. The van der Waals surface area contributed by atoms with Crippen LogP contribution in [0.2, 0.25) is 0 Å². The van der Waals surface area contributed by atoms with E-state index in [-0.39, 0.29) is 23.8 Å². The van der Waals surface area contributed by atoms with Crippen molar-refractivity contribution in [3.8, 4) is 0 Å². The normalized spacial score (nSPS) is 10.0. The molecule has 0 aliphatic heterocycles. The summed E-state index contributed by atoms with van der Waals surface area (Å²) in [5.74, 6) is -0.253. The number of anilines is 1. The smallest absolute Gasteiger partial charge is 0.303 e. The molecule has 8 heteroatoms. The van der Waals surface area contributed by atoms with Crippen LogP contribution in [0.3, 0.4) is 0 Å². The standard InChI is InChI=1S/C12H14N2O5S/c15-11(8-20-7-1-2-12(16)17)13-9-3-5-10(6-4-9)14(18)19/h3-6H,1-2,7-8H2,(H,13,15)(H,16,17). The summed E-state index contributed by atoms with van der Waals surface area (Å²) in [5, 5.41) is 21.5. The molecule has 1 aromatic carbocycles. The Balaban J connectivity index is 2.28. The van der Waals surface area contributed by atoms with Crippen LogP contribution >= 0.6 is 11.8 Å². The second-order valence-electron chi connectivity index (χ2n) is 3.90. The fraction of sp³-hybridized carbons (Fsp3) is 0.333. The van der Waals surface area contributed by atoms with Gasteiger partial charge in [0.15, 0.2) is 0 Å². The van der Waals surface area contributed by atoms with Crippen LogP contribution in [0.4, 0.5) is 11.4 Å². The van der Waals surface area contributed by atoms with Gasteiger partial charge >= 0.3 is 5.97 Å². The van der Waals surface area contributed by atoms with Gasteiger partial charge in [0.2, 0.25) is 5.91 Å². The highest BCUT2D eigenvalue weighted by molar-refractivity contribution is 7.99. The number of nitro benzene ring substituents is 1. The molecule has 0 atom stereocenters. The first-order chi connectivity index (χ1) is 9.49. The van der Waals surface area contributed by atoms with E-state index in [0.717, 1.165) is 0 Å². The Hall–Kier alpha value is -2.09. The summed E-state index contributed by atoms with van der Waals surface area (Å²) in [6, 6.07) is 5.56. The van der Waals surface area contributed by atoms with E-state index < -0.39 is 10.9 Å². The minimum atomic E-state index is -0.846. The highest BCUT2D eigenvalue weighted by Crippen LogP contribution is 2.15. The van der Waals surface area contributed by atoms with Gasteiger partial charge in [-0.15, -0.1) is 0 Å². The van der Waals surface area contributed by atoms with Crippen LogP contribution in [0.1, 0.15) is 12.8 Å².